The van der Waals surface area contributed by atoms with Gasteiger partial charge in [0.2, 0.25) is 5.16 Å². The second-order valence-electron chi connectivity index (χ2n) is 6.79. The maximum atomic E-state index is 5.86. The van der Waals surface area contributed by atoms with E-state index in [9.17, 15) is 0 Å². The Balaban J connectivity index is 1.77. The Kier molecular flexibility index (Phi) is 8.32. The normalized spacial score (nSPS) is 11.2. The van der Waals surface area contributed by atoms with Crippen molar-refractivity contribution in [3.63, 3.8) is 0 Å². The van der Waals surface area contributed by atoms with Crippen LogP contribution >= 0.6 is 11.8 Å². The number of benzene rings is 2. The van der Waals surface area contributed by atoms with Gasteiger partial charge in [0.1, 0.15) is 0 Å². The Morgan fingerprint density at radius 2 is 1.90 bits per heavy atom. The van der Waals surface area contributed by atoms with Gasteiger partial charge in [0.15, 0.2) is 17.3 Å². The molecule has 0 unspecified atom stereocenters. The molecular weight excluding hydrogens is 396 g/mol. The van der Waals surface area contributed by atoms with Gasteiger partial charge in [-0.2, -0.15) is 9.78 Å². The van der Waals surface area contributed by atoms with Crippen molar-refractivity contribution in [2.24, 2.45) is 5.10 Å². The summed E-state index contributed by atoms with van der Waals surface area (Å²) in [6.07, 6.45) is 7.80. The largest absolute Gasteiger partial charge is 0.493 e. The lowest BCUT2D eigenvalue weighted by molar-refractivity contribution is 0.286. The maximum Gasteiger partial charge on any atom is 0.211 e. The molecule has 0 fully saturated rings. The van der Waals surface area contributed by atoms with Crippen LogP contribution in [0.1, 0.15) is 43.1 Å². The molecule has 158 valence electrons. The Labute approximate surface area is 182 Å². The van der Waals surface area contributed by atoms with E-state index in [4.69, 9.17) is 9.47 Å². The van der Waals surface area contributed by atoms with E-state index in [0.717, 1.165) is 35.1 Å². The summed E-state index contributed by atoms with van der Waals surface area (Å²) in [7, 11) is 1.65. The van der Waals surface area contributed by atoms with Gasteiger partial charge in [0.05, 0.1) is 19.9 Å². The molecule has 30 heavy (non-hydrogen) atoms. The minimum atomic E-state index is 0.666. The summed E-state index contributed by atoms with van der Waals surface area (Å²) in [4.78, 5) is 0. The van der Waals surface area contributed by atoms with Crippen molar-refractivity contribution >= 4 is 18.0 Å². The molecule has 6 nitrogen and oxygen atoms in total. The second-order valence-corrected chi connectivity index (χ2v) is 7.56. The number of hydrogen-bond acceptors (Lipinski definition) is 6. The van der Waals surface area contributed by atoms with Crippen LogP contribution in [-0.2, 0) is 6.42 Å². The molecule has 1 heterocycles. The van der Waals surface area contributed by atoms with Crippen LogP contribution < -0.4 is 9.47 Å². The fourth-order valence-corrected chi connectivity index (χ4v) is 3.42. The number of thioether (sulfide) groups is 1. The summed E-state index contributed by atoms with van der Waals surface area (Å²) in [6, 6.07) is 16.0. The van der Waals surface area contributed by atoms with Crippen LogP contribution in [0.2, 0.25) is 0 Å². The number of methoxy groups -OCH3 is 1. The highest BCUT2D eigenvalue weighted by atomic mass is 32.2. The molecule has 1 aromatic heterocycles. The van der Waals surface area contributed by atoms with Crippen molar-refractivity contribution < 1.29 is 9.47 Å². The van der Waals surface area contributed by atoms with Crippen molar-refractivity contribution in [2.75, 3.05) is 20.0 Å². The second kappa shape index (κ2) is 11.4. The molecule has 0 aliphatic carbocycles. The highest BCUT2D eigenvalue weighted by Gasteiger charge is 2.11. The summed E-state index contributed by atoms with van der Waals surface area (Å²) in [5, 5.41) is 14.0. The fourth-order valence-electron chi connectivity index (χ4n) is 2.97. The van der Waals surface area contributed by atoms with Crippen molar-refractivity contribution in [3.05, 3.63) is 65.5 Å². The van der Waals surface area contributed by atoms with E-state index in [1.807, 2.05) is 42.7 Å². The topological polar surface area (TPSA) is 61.5 Å². The van der Waals surface area contributed by atoms with Crippen molar-refractivity contribution in [3.8, 4) is 11.5 Å². The molecule has 0 atom stereocenters. The van der Waals surface area contributed by atoms with Crippen LogP contribution in [0.5, 0.6) is 11.5 Å². The Morgan fingerprint density at radius 3 is 2.63 bits per heavy atom. The minimum absolute atomic E-state index is 0.666. The van der Waals surface area contributed by atoms with Crippen LogP contribution in [0.3, 0.4) is 0 Å². The molecule has 0 bridgehead atoms. The van der Waals surface area contributed by atoms with Crippen LogP contribution in [0.4, 0.5) is 0 Å². The quantitative estimate of drug-likeness (QED) is 0.245. The molecular formula is C23H28N4O2S. The average Bonchev–Trinajstić information content (AvgIpc) is 3.17. The third-order valence-corrected chi connectivity index (χ3v) is 5.20. The molecule has 0 N–H and O–H groups in total. The number of nitrogens with zero attached hydrogens (tertiary/aromatic N) is 4. The van der Waals surface area contributed by atoms with E-state index < -0.39 is 0 Å². The summed E-state index contributed by atoms with van der Waals surface area (Å²) in [6.45, 7) is 2.87. The predicted molar refractivity (Wildman–Crippen MR) is 122 cm³/mol. The van der Waals surface area contributed by atoms with E-state index in [2.05, 4.69) is 34.4 Å². The fraction of sp³-hybridized carbons (Fsp3) is 0.348. The summed E-state index contributed by atoms with van der Waals surface area (Å²) < 4.78 is 13.2. The van der Waals surface area contributed by atoms with Crippen LogP contribution in [0, 0.1) is 0 Å². The smallest absolute Gasteiger partial charge is 0.211 e. The monoisotopic (exact) mass is 424 g/mol. The van der Waals surface area contributed by atoms with Gasteiger partial charge in [-0.1, -0.05) is 61.9 Å². The van der Waals surface area contributed by atoms with Crippen LogP contribution in [0.15, 0.2) is 58.8 Å². The van der Waals surface area contributed by atoms with Crippen molar-refractivity contribution in [1.29, 1.82) is 0 Å². The zero-order valence-electron chi connectivity index (χ0n) is 17.7. The van der Waals surface area contributed by atoms with Gasteiger partial charge in [-0.3, -0.25) is 0 Å². The molecule has 0 saturated carbocycles. The van der Waals surface area contributed by atoms with Crippen LogP contribution in [-0.4, -0.2) is 41.1 Å². The molecule has 0 aliphatic heterocycles. The molecule has 7 heteroatoms. The number of ether oxygens (including phenoxy) is 2. The lowest BCUT2D eigenvalue weighted by Gasteiger charge is -2.11. The van der Waals surface area contributed by atoms with Gasteiger partial charge >= 0.3 is 0 Å². The zero-order valence-corrected chi connectivity index (χ0v) is 18.6. The highest BCUT2D eigenvalue weighted by Crippen LogP contribution is 2.28. The third kappa shape index (κ3) is 5.86. The van der Waals surface area contributed by atoms with E-state index in [-0.39, 0.29) is 0 Å². The van der Waals surface area contributed by atoms with E-state index in [1.54, 1.807) is 18.0 Å². The first-order chi connectivity index (χ1) is 14.7. The van der Waals surface area contributed by atoms with E-state index in [0.29, 0.717) is 18.8 Å². The molecule has 2 aromatic carbocycles. The predicted octanol–water partition coefficient (Wildman–Crippen LogP) is 5.05. The zero-order chi connectivity index (χ0) is 21.2. The number of hydrogen-bond donors (Lipinski definition) is 0. The Hall–Kier alpha value is -2.80. The minimum Gasteiger partial charge on any atom is -0.493 e. The molecule has 0 radical (unpaired) electrons. The molecule has 0 aliphatic rings. The van der Waals surface area contributed by atoms with Gasteiger partial charge in [0.25, 0.3) is 0 Å². The number of rotatable bonds is 11. The van der Waals surface area contributed by atoms with E-state index in [1.165, 1.54) is 23.7 Å². The first-order valence-electron chi connectivity index (χ1n) is 10.1. The van der Waals surface area contributed by atoms with Crippen molar-refractivity contribution in [2.45, 2.75) is 37.8 Å². The summed E-state index contributed by atoms with van der Waals surface area (Å²) in [5.74, 6) is 2.25. The molecule has 3 rings (SSSR count). The van der Waals surface area contributed by atoms with Gasteiger partial charge in [-0.05, 0) is 42.0 Å². The standard InChI is InChI=1S/C23H28N4O2S/c1-4-5-9-14-29-20-13-12-19(15-21(20)28-2)17-24-27-22(25-26-23(27)30-3)16-18-10-7-6-8-11-18/h6-8,10-13,15,17H,4-5,9,14,16H2,1-3H3/b24-17-. The highest BCUT2D eigenvalue weighted by molar-refractivity contribution is 7.98. The van der Waals surface area contributed by atoms with Crippen LogP contribution in [0.25, 0.3) is 0 Å². The molecule has 0 saturated heterocycles. The Bertz CT molecular complexity index is 957. The molecule has 0 amide bonds. The van der Waals surface area contributed by atoms with Gasteiger partial charge < -0.3 is 9.47 Å². The maximum absolute atomic E-state index is 5.86. The number of unbranched alkanes of at least 4 members (excludes halogenated alkanes) is 2. The first-order valence-corrected chi connectivity index (χ1v) is 11.3. The van der Waals surface area contributed by atoms with Gasteiger partial charge in [0, 0.05) is 6.42 Å². The third-order valence-electron chi connectivity index (χ3n) is 4.58. The number of aromatic nitrogens is 3. The van der Waals surface area contributed by atoms with Crippen molar-refractivity contribution in [1.82, 2.24) is 14.9 Å². The lowest BCUT2D eigenvalue weighted by Crippen LogP contribution is -2.02. The van der Waals surface area contributed by atoms with Gasteiger partial charge in [-0.15, -0.1) is 10.2 Å². The summed E-state index contributed by atoms with van der Waals surface area (Å²) >= 11 is 1.52. The molecule has 0 spiro atoms. The summed E-state index contributed by atoms with van der Waals surface area (Å²) in [5.41, 5.74) is 2.08. The molecule has 3 aromatic rings. The first kappa shape index (κ1) is 21.9. The Morgan fingerprint density at radius 1 is 1.07 bits per heavy atom. The van der Waals surface area contributed by atoms with Gasteiger partial charge in [-0.25, -0.2) is 0 Å². The van der Waals surface area contributed by atoms with E-state index >= 15 is 0 Å². The average molecular weight is 425 g/mol. The SMILES string of the molecule is CCCCCOc1ccc(/C=N\n2c(Cc3ccccc3)nnc2SC)cc1OC. The lowest BCUT2D eigenvalue weighted by atomic mass is 10.1.